The highest BCUT2D eigenvalue weighted by molar-refractivity contribution is 7.18. The normalized spacial score (nSPS) is 18.1. The topological polar surface area (TPSA) is 91.6 Å². The van der Waals surface area contributed by atoms with Gasteiger partial charge in [0.05, 0.1) is 12.8 Å². The first-order valence-corrected chi connectivity index (χ1v) is 12.8. The van der Waals surface area contributed by atoms with Gasteiger partial charge in [0.2, 0.25) is 11.7 Å². The summed E-state index contributed by atoms with van der Waals surface area (Å²) in [6, 6.07) is 9.34. The molecule has 0 unspecified atom stereocenters. The van der Waals surface area contributed by atoms with Crippen LogP contribution in [0.15, 0.2) is 47.2 Å². The third-order valence-electron chi connectivity index (χ3n) is 6.56. The number of amides is 1. The summed E-state index contributed by atoms with van der Waals surface area (Å²) in [7, 11) is 0. The molecule has 0 spiro atoms. The number of nitrogens with zero attached hydrogens (tertiary/aromatic N) is 4. The maximum Gasteiger partial charge on any atom is 0.240 e. The van der Waals surface area contributed by atoms with Gasteiger partial charge in [0.25, 0.3) is 0 Å². The highest BCUT2D eigenvalue weighted by atomic mass is 32.1. The van der Waals surface area contributed by atoms with Crippen LogP contribution in [-0.2, 0) is 4.79 Å². The third kappa shape index (κ3) is 5.27. The number of carbonyl (C=O) groups is 2. The number of furan rings is 1. The first kappa shape index (κ1) is 22.9. The fourth-order valence-corrected chi connectivity index (χ4v) is 5.74. The third-order valence-corrected chi connectivity index (χ3v) is 7.53. The maximum absolute atomic E-state index is 13.1. The quantitative estimate of drug-likeness (QED) is 0.514. The van der Waals surface area contributed by atoms with Crippen molar-refractivity contribution in [2.75, 3.05) is 38.0 Å². The molecule has 0 aliphatic carbocycles. The van der Waals surface area contributed by atoms with Gasteiger partial charge in [0, 0.05) is 25.3 Å². The standard InChI is InChI=1S/C25H29N5O3S/c31-21(17-29-14-9-18(10-15-29)30-12-4-1-5-13-30)27-25-28-22(20-8-6-16-33-20)24(34-25)23(32)19-7-2-3-11-26-19/h2-3,6-8,11,16,18H,1,4-5,9-10,12-15,17H2,(H,27,28,31). The number of thiazole rings is 1. The van der Waals surface area contributed by atoms with Crippen molar-refractivity contribution in [2.24, 2.45) is 0 Å². The summed E-state index contributed by atoms with van der Waals surface area (Å²) in [6.07, 6.45) is 9.30. The largest absolute Gasteiger partial charge is 0.463 e. The number of piperidine rings is 2. The van der Waals surface area contributed by atoms with Crippen LogP contribution in [0.2, 0.25) is 0 Å². The summed E-state index contributed by atoms with van der Waals surface area (Å²) in [5.41, 5.74) is 0.747. The van der Waals surface area contributed by atoms with E-state index < -0.39 is 0 Å². The molecule has 1 amide bonds. The number of hydrogen-bond donors (Lipinski definition) is 1. The molecular formula is C25H29N5O3S. The van der Waals surface area contributed by atoms with Gasteiger partial charge in [0.15, 0.2) is 10.9 Å². The van der Waals surface area contributed by atoms with Crippen molar-refractivity contribution in [2.45, 2.75) is 38.1 Å². The molecular weight excluding hydrogens is 450 g/mol. The summed E-state index contributed by atoms with van der Waals surface area (Å²) >= 11 is 1.15. The van der Waals surface area contributed by atoms with Crippen molar-refractivity contribution >= 4 is 28.2 Å². The Morgan fingerprint density at radius 1 is 1.06 bits per heavy atom. The number of carbonyl (C=O) groups excluding carboxylic acids is 2. The summed E-state index contributed by atoms with van der Waals surface area (Å²) in [4.78, 5) is 39.8. The summed E-state index contributed by atoms with van der Waals surface area (Å²) in [5.74, 6) is 0.119. The van der Waals surface area contributed by atoms with E-state index in [0.717, 1.165) is 37.3 Å². The predicted octanol–water partition coefficient (Wildman–Crippen LogP) is 3.92. The molecule has 0 radical (unpaired) electrons. The zero-order chi connectivity index (χ0) is 23.3. The SMILES string of the molecule is O=C(CN1CCC(N2CCCCC2)CC1)Nc1nc(-c2ccco2)c(C(=O)c2ccccn2)s1. The van der Waals surface area contributed by atoms with E-state index in [2.05, 4.69) is 25.1 Å². The maximum atomic E-state index is 13.1. The van der Waals surface area contributed by atoms with Gasteiger partial charge in [-0.15, -0.1) is 0 Å². The molecule has 178 valence electrons. The molecule has 2 aliphatic heterocycles. The molecule has 0 saturated carbocycles. The van der Waals surface area contributed by atoms with E-state index in [-0.39, 0.29) is 11.7 Å². The summed E-state index contributed by atoms with van der Waals surface area (Å²) in [5, 5.41) is 3.28. The first-order chi connectivity index (χ1) is 16.7. The van der Waals surface area contributed by atoms with Crippen LogP contribution in [-0.4, -0.2) is 70.2 Å². The molecule has 0 atom stereocenters. The minimum Gasteiger partial charge on any atom is -0.463 e. The highest BCUT2D eigenvalue weighted by Crippen LogP contribution is 2.33. The smallest absolute Gasteiger partial charge is 0.240 e. The summed E-state index contributed by atoms with van der Waals surface area (Å²) in [6.45, 7) is 4.60. The number of pyridine rings is 1. The Balaban J connectivity index is 1.23. The predicted molar refractivity (Wildman–Crippen MR) is 131 cm³/mol. The fraction of sp³-hybridized carbons (Fsp3) is 0.440. The average molecular weight is 480 g/mol. The second-order valence-electron chi connectivity index (χ2n) is 8.87. The minimum absolute atomic E-state index is 0.118. The molecule has 5 heterocycles. The van der Waals surface area contributed by atoms with E-state index in [1.54, 1.807) is 36.5 Å². The Hall–Kier alpha value is -2.88. The van der Waals surface area contributed by atoms with Gasteiger partial charge in [-0.25, -0.2) is 4.98 Å². The number of likely N-dealkylation sites (tertiary alicyclic amines) is 2. The molecule has 0 bridgehead atoms. The lowest BCUT2D eigenvalue weighted by molar-refractivity contribution is -0.117. The van der Waals surface area contributed by atoms with E-state index in [1.807, 2.05) is 0 Å². The van der Waals surface area contributed by atoms with Gasteiger partial charge in [-0.1, -0.05) is 23.8 Å². The van der Waals surface area contributed by atoms with Crippen LogP contribution in [0.4, 0.5) is 5.13 Å². The Morgan fingerprint density at radius 2 is 1.88 bits per heavy atom. The van der Waals surface area contributed by atoms with Crippen LogP contribution in [0.5, 0.6) is 0 Å². The van der Waals surface area contributed by atoms with E-state index in [4.69, 9.17) is 4.42 Å². The van der Waals surface area contributed by atoms with Crippen molar-refractivity contribution in [1.29, 1.82) is 0 Å². The molecule has 3 aromatic heterocycles. The van der Waals surface area contributed by atoms with Crippen LogP contribution in [0, 0.1) is 0 Å². The second kappa shape index (κ2) is 10.6. The highest BCUT2D eigenvalue weighted by Gasteiger charge is 2.27. The molecule has 0 aromatic carbocycles. The molecule has 1 N–H and O–H groups in total. The second-order valence-corrected chi connectivity index (χ2v) is 9.87. The lowest BCUT2D eigenvalue weighted by Gasteiger charge is -2.40. The Morgan fingerprint density at radius 3 is 2.59 bits per heavy atom. The number of rotatable bonds is 7. The van der Waals surface area contributed by atoms with Crippen LogP contribution >= 0.6 is 11.3 Å². The molecule has 5 rings (SSSR count). The van der Waals surface area contributed by atoms with Gasteiger partial charge in [-0.2, -0.15) is 0 Å². The molecule has 2 fully saturated rings. The van der Waals surface area contributed by atoms with Gasteiger partial charge < -0.3 is 14.6 Å². The number of hydrogen-bond acceptors (Lipinski definition) is 8. The minimum atomic E-state index is -0.246. The molecule has 8 nitrogen and oxygen atoms in total. The van der Waals surface area contributed by atoms with Crippen molar-refractivity contribution in [3.63, 3.8) is 0 Å². The molecule has 9 heteroatoms. The van der Waals surface area contributed by atoms with Crippen molar-refractivity contribution in [3.05, 3.63) is 53.4 Å². The molecule has 34 heavy (non-hydrogen) atoms. The van der Waals surface area contributed by atoms with Crippen LogP contribution < -0.4 is 5.32 Å². The molecule has 2 saturated heterocycles. The van der Waals surface area contributed by atoms with Crippen molar-refractivity contribution in [1.82, 2.24) is 19.8 Å². The van der Waals surface area contributed by atoms with Gasteiger partial charge in [0.1, 0.15) is 16.3 Å². The van der Waals surface area contributed by atoms with Crippen LogP contribution in [0.3, 0.4) is 0 Å². The fourth-order valence-electron chi connectivity index (χ4n) is 4.81. The first-order valence-electron chi connectivity index (χ1n) is 11.9. The van der Waals surface area contributed by atoms with E-state index in [9.17, 15) is 9.59 Å². The average Bonchev–Trinajstić information content (AvgIpc) is 3.55. The Bertz CT molecular complexity index is 1100. The lowest BCUT2D eigenvalue weighted by Crippen LogP contribution is -2.48. The van der Waals surface area contributed by atoms with Crippen molar-refractivity contribution < 1.29 is 14.0 Å². The number of ketones is 1. The zero-order valence-electron chi connectivity index (χ0n) is 19.1. The van der Waals surface area contributed by atoms with Gasteiger partial charge in [-0.3, -0.25) is 19.5 Å². The Labute approximate surface area is 203 Å². The summed E-state index contributed by atoms with van der Waals surface area (Å²) < 4.78 is 5.49. The Kier molecular flexibility index (Phi) is 7.13. The number of anilines is 1. The monoisotopic (exact) mass is 479 g/mol. The zero-order valence-corrected chi connectivity index (χ0v) is 19.9. The number of aromatic nitrogens is 2. The molecule has 2 aliphatic rings. The van der Waals surface area contributed by atoms with E-state index in [1.165, 1.54) is 38.6 Å². The van der Waals surface area contributed by atoms with Crippen molar-refractivity contribution in [3.8, 4) is 11.5 Å². The van der Waals surface area contributed by atoms with Gasteiger partial charge in [-0.05, 0) is 63.0 Å². The van der Waals surface area contributed by atoms with E-state index >= 15 is 0 Å². The van der Waals surface area contributed by atoms with Crippen LogP contribution in [0.1, 0.15) is 47.5 Å². The number of nitrogens with one attached hydrogen (secondary N) is 1. The molecule has 3 aromatic rings. The van der Waals surface area contributed by atoms with E-state index in [0.29, 0.717) is 39.7 Å². The lowest BCUT2D eigenvalue weighted by atomic mass is 10.00. The van der Waals surface area contributed by atoms with Gasteiger partial charge >= 0.3 is 0 Å². The van der Waals surface area contributed by atoms with Crippen LogP contribution in [0.25, 0.3) is 11.5 Å².